The molecule has 2 aromatic rings. The highest BCUT2D eigenvalue weighted by Gasteiger charge is 2.36. The van der Waals surface area contributed by atoms with Gasteiger partial charge in [-0.2, -0.15) is 5.01 Å². The molecule has 0 atom stereocenters. The second-order valence-corrected chi connectivity index (χ2v) is 6.31. The van der Waals surface area contributed by atoms with Crippen molar-refractivity contribution in [3.63, 3.8) is 0 Å². The van der Waals surface area contributed by atoms with Crippen molar-refractivity contribution < 1.29 is 23.9 Å². The number of amides is 1. The minimum absolute atomic E-state index is 0.0817. The Morgan fingerprint density at radius 3 is 1.90 bits per heavy atom. The molecule has 0 fully saturated rings. The van der Waals surface area contributed by atoms with Crippen molar-refractivity contribution in [2.75, 3.05) is 13.2 Å². The molecule has 0 aromatic heterocycles. The second-order valence-electron chi connectivity index (χ2n) is 6.31. The maximum Gasteiger partial charge on any atom is 0.378 e. The highest BCUT2D eigenvalue weighted by molar-refractivity contribution is 6.42. The smallest absolute Gasteiger partial charge is 0.378 e. The number of rotatable bonds is 7. The molecule has 0 N–H and O–H groups in total. The lowest BCUT2D eigenvalue weighted by molar-refractivity contribution is -0.137. The Hall–Kier alpha value is -4.01. The van der Waals surface area contributed by atoms with Crippen molar-refractivity contribution in [2.45, 2.75) is 20.4 Å². The van der Waals surface area contributed by atoms with E-state index in [0.717, 1.165) is 10.6 Å². The van der Waals surface area contributed by atoms with E-state index in [1.54, 1.807) is 44.2 Å². The topological polar surface area (TPSA) is 101 Å². The van der Waals surface area contributed by atoms with Crippen LogP contribution < -0.4 is 0 Å². The maximum absolute atomic E-state index is 13.1. The fraction of sp³-hybridized carbons (Fsp3) is 0.227. The molecule has 9 nitrogen and oxygen atoms in total. The molecule has 1 amide bonds. The van der Waals surface area contributed by atoms with E-state index in [4.69, 9.17) is 9.47 Å². The van der Waals surface area contributed by atoms with Gasteiger partial charge in [0.05, 0.1) is 19.8 Å². The van der Waals surface area contributed by atoms with E-state index in [9.17, 15) is 14.4 Å². The minimum Gasteiger partial charge on any atom is -0.460 e. The van der Waals surface area contributed by atoms with Crippen LogP contribution in [-0.4, -0.2) is 52.7 Å². The minimum atomic E-state index is -0.837. The van der Waals surface area contributed by atoms with E-state index in [1.165, 1.54) is 5.01 Å². The van der Waals surface area contributed by atoms with Gasteiger partial charge in [0.2, 0.25) is 0 Å². The van der Waals surface area contributed by atoms with Crippen molar-refractivity contribution in [1.82, 2.24) is 10.0 Å². The number of ether oxygens (including phenoxy) is 2. The lowest BCUT2D eigenvalue weighted by Gasteiger charge is -2.29. The largest absolute Gasteiger partial charge is 0.460 e. The van der Waals surface area contributed by atoms with Gasteiger partial charge in [-0.3, -0.25) is 4.79 Å². The van der Waals surface area contributed by atoms with E-state index in [2.05, 4.69) is 10.2 Å². The fourth-order valence-electron chi connectivity index (χ4n) is 2.77. The molecule has 9 heteroatoms. The van der Waals surface area contributed by atoms with Crippen molar-refractivity contribution >= 4 is 29.5 Å². The molecule has 0 radical (unpaired) electrons. The lowest BCUT2D eigenvalue weighted by atomic mass is 10.2. The molecule has 1 heterocycles. The van der Waals surface area contributed by atoms with E-state index in [-0.39, 0.29) is 37.0 Å². The predicted molar refractivity (Wildman–Crippen MR) is 113 cm³/mol. The Bertz CT molecular complexity index is 1010. The van der Waals surface area contributed by atoms with Crippen LogP contribution in [0.1, 0.15) is 29.8 Å². The standard InChI is InChI=1S/C22H22N4O5/c1-3-30-21(28)18-24-26(20(27)17-13-9-6-10-14-17)19(22(29)31-4-2)23-25(18)15-16-11-7-5-8-12-16/h5-14H,3-4,15H2,1-2H3. The first-order valence-electron chi connectivity index (χ1n) is 9.77. The van der Waals surface area contributed by atoms with Gasteiger partial charge in [-0.05, 0) is 31.5 Å². The van der Waals surface area contributed by atoms with Crippen molar-refractivity contribution in [3.05, 3.63) is 71.8 Å². The fourth-order valence-corrected chi connectivity index (χ4v) is 2.77. The molecule has 160 valence electrons. The van der Waals surface area contributed by atoms with Crippen LogP contribution in [0.15, 0.2) is 70.9 Å². The molecule has 0 saturated heterocycles. The van der Waals surface area contributed by atoms with Gasteiger partial charge in [-0.15, -0.1) is 10.2 Å². The summed E-state index contributed by atoms with van der Waals surface area (Å²) in [6, 6.07) is 17.4. The van der Waals surface area contributed by atoms with E-state index >= 15 is 0 Å². The first kappa shape index (κ1) is 21.7. The number of benzene rings is 2. The van der Waals surface area contributed by atoms with Gasteiger partial charge in [0, 0.05) is 5.56 Å². The van der Waals surface area contributed by atoms with Gasteiger partial charge in [-0.25, -0.2) is 14.6 Å². The number of nitrogens with zero attached hydrogens (tertiary/aromatic N) is 4. The molecule has 0 spiro atoms. The summed E-state index contributed by atoms with van der Waals surface area (Å²) in [5.74, 6) is -2.80. The Kier molecular flexibility index (Phi) is 7.10. The summed E-state index contributed by atoms with van der Waals surface area (Å²) in [7, 11) is 0. The van der Waals surface area contributed by atoms with Crippen LogP contribution in [0.4, 0.5) is 0 Å². The monoisotopic (exact) mass is 422 g/mol. The van der Waals surface area contributed by atoms with Crippen LogP contribution in [-0.2, 0) is 25.6 Å². The highest BCUT2D eigenvalue weighted by Crippen LogP contribution is 2.17. The molecule has 31 heavy (non-hydrogen) atoms. The van der Waals surface area contributed by atoms with Crippen LogP contribution in [0.5, 0.6) is 0 Å². The van der Waals surface area contributed by atoms with E-state index in [0.29, 0.717) is 0 Å². The molecule has 3 rings (SSSR count). The van der Waals surface area contributed by atoms with Crippen molar-refractivity contribution in [1.29, 1.82) is 0 Å². The molecule has 0 bridgehead atoms. The van der Waals surface area contributed by atoms with Crippen LogP contribution >= 0.6 is 0 Å². The van der Waals surface area contributed by atoms with Gasteiger partial charge < -0.3 is 9.47 Å². The van der Waals surface area contributed by atoms with Gasteiger partial charge in [0.1, 0.15) is 0 Å². The van der Waals surface area contributed by atoms with Gasteiger partial charge >= 0.3 is 11.9 Å². The number of carbonyl (C=O) groups excluding carboxylic acids is 3. The molecular formula is C22H22N4O5. The molecule has 2 aromatic carbocycles. The Morgan fingerprint density at radius 1 is 0.774 bits per heavy atom. The number of carbonyl (C=O) groups is 3. The zero-order chi connectivity index (χ0) is 22.2. The van der Waals surface area contributed by atoms with Crippen LogP contribution in [0.25, 0.3) is 0 Å². The number of esters is 2. The maximum atomic E-state index is 13.1. The van der Waals surface area contributed by atoms with Gasteiger partial charge in [0.25, 0.3) is 17.6 Å². The van der Waals surface area contributed by atoms with Crippen LogP contribution in [0, 0.1) is 0 Å². The second kappa shape index (κ2) is 10.1. The normalized spacial score (nSPS) is 13.2. The summed E-state index contributed by atoms with van der Waals surface area (Å²) in [6.07, 6.45) is 0. The summed E-state index contributed by atoms with van der Waals surface area (Å²) in [6.45, 7) is 3.62. The third-order valence-electron chi connectivity index (χ3n) is 4.16. The van der Waals surface area contributed by atoms with Crippen molar-refractivity contribution in [2.24, 2.45) is 10.2 Å². The van der Waals surface area contributed by atoms with Crippen molar-refractivity contribution in [3.8, 4) is 0 Å². The van der Waals surface area contributed by atoms with Crippen LogP contribution in [0.3, 0.4) is 0 Å². The first-order chi connectivity index (χ1) is 15.0. The predicted octanol–water partition coefficient (Wildman–Crippen LogP) is 2.40. The molecule has 0 aliphatic carbocycles. The van der Waals surface area contributed by atoms with Gasteiger partial charge in [-0.1, -0.05) is 48.5 Å². The number of hydrogen-bond donors (Lipinski definition) is 0. The molecular weight excluding hydrogens is 400 g/mol. The third-order valence-corrected chi connectivity index (χ3v) is 4.16. The zero-order valence-corrected chi connectivity index (χ0v) is 17.2. The summed E-state index contributed by atoms with van der Waals surface area (Å²) in [4.78, 5) is 38.2. The summed E-state index contributed by atoms with van der Waals surface area (Å²) in [5, 5.41) is 10.4. The zero-order valence-electron chi connectivity index (χ0n) is 17.2. The average Bonchev–Trinajstić information content (AvgIpc) is 2.80. The molecule has 1 aliphatic heterocycles. The lowest BCUT2D eigenvalue weighted by Crippen LogP contribution is -2.48. The number of amidine groups is 2. The summed E-state index contributed by atoms with van der Waals surface area (Å²) in [5.41, 5.74) is 1.08. The number of hydrazone groups is 2. The Balaban J connectivity index is 2.05. The van der Waals surface area contributed by atoms with E-state index in [1.807, 2.05) is 30.3 Å². The van der Waals surface area contributed by atoms with Gasteiger partial charge in [0.15, 0.2) is 0 Å². The summed E-state index contributed by atoms with van der Waals surface area (Å²) >= 11 is 0. The third kappa shape index (κ3) is 5.13. The number of hydrogen-bond acceptors (Lipinski definition) is 8. The molecule has 1 aliphatic rings. The average molecular weight is 422 g/mol. The Labute approximate surface area is 179 Å². The van der Waals surface area contributed by atoms with E-state index < -0.39 is 17.8 Å². The Morgan fingerprint density at radius 2 is 1.32 bits per heavy atom. The molecule has 0 unspecified atom stereocenters. The first-order valence-corrected chi connectivity index (χ1v) is 9.77. The SMILES string of the molecule is CCOC(=O)C1=NN(C(=O)c2ccccc2)C(C(=O)OCC)=NN1Cc1ccccc1. The van der Waals surface area contributed by atoms with Crippen LogP contribution in [0.2, 0.25) is 0 Å². The molecule has 0 saturated carbocycles. The highest BCUT2D eigenvalue weighted by atomic mass is 16.5. The summed E-state index contributed by atoms with van der Waals surface area (Å²) < 4.78 is 10.2. The quantitative estimate of drug-likeness (QED) is 0.635.